The first kappa shape index (κ1) is 25.4. The molecule has 9 heteroatoms. The van der Waals surface area contributed by atoms with E-state index >= 15 is 8.78 Å². The molecule has 1 fully saturated rings. The van der Waals surface area contributed by atoms with E-state index in [1.165, 1.54) is 6.08 Å². The Kier molecular flexibility index (Phi) is 5.96. The Morgan fingerprint density at radius 1 is 0.811 bits per heavy atom. The number of rotatable bonds is 5. The van der Waals surface area contributed by atoms with Crippen LogP contribution in [-0.2, 0) is 17.8 Å². The summed E-state index contributed by atoms with van der Waals surface area (Å²) >= 11 is 0. The minimum Gasteiger partial charge on any atom is -0.246 e. The molecule has 2 aliphatic carbocycles. The maximum Gasteiger partial charge on any atom is 0.282 e. The lowest BCUT2D eigenvalue weighted by Gasteiger charge is -2.29. The van der Waals surface area contributed by atoms with Crippen LogP contribution < -0.4 is 0 Å². The van der Waals surface area contributed by atoms with Gasteiger partial charge in [0.1, 0.15) is 41.1 Å². The van der Waals surface area contributed by atoms with Crippen LogP contribution in [0.1, 0.15) is 35.1 Å². The van der Waals surface area contributed by atoms with E-state index in [0.717, 1.165) is 6.92 Å². The van der Waals surface area contributed by atoms with Crippen molar-refractivity contribution >= 4 is 0 Å². The van der Waals surface area contributed by atoms with Crippen molar-refractivity contribution in [2.24, 2.45) is 5.92 Å². The van der Waals surface area contributed by atoms with Gasteiger partial charge in [0.05, 0.1) is 11.1 Å². The molecule has 0 radical (unpaired) electrons. The zero-order valence-electron chi connectivity index (χ0n) is 19.3. The minimum atomic E-state index is -4.23. The monoisotopic (exact) mass is 526 g/mol. The third kappa shape index (κ3) is 4.12. The second-order valence-electron chi connectivity index (χ2n) is 9.76. The van der Waals surface area contributed by atoms with Gasteiger partial charge in [0, 0.05) is 17.4 Å². The van der Waals surface area contributed by atoms with Crippen molar-refractivity contribution in [3.8, 4) is 11.1 Å². The maximum atomic E-state index is 15.1. The molecule has 194 valence electrons. The summed E-state index contributed by atoms with van der Waals surface area (Å²) in [6.07, 6.45) is 0.823. The highest BCUT2D eigenvalue weighted by Crippen LogP contribution is 2.53. The summed E-state index contributed by atoms with van der Waals surface area (Å²) in [4.78, 5) is 0. The van der Waals surface area contributed by atoms with Crippen LogP contribution in [0.2, 0.25) is 0 Å². The van der Waals surface area contributed by atoms with Gasteiger partial charge in [-0.2, -0.15) is 0 Å². The summed E-state index contributed by atoms with van der Waals surface area (Å²) in [5.74, 6) is -12.4. The Hall–Kier alpha value is -3.23. The quantitative estimate of drug-likeness (QED) is 0.231. The molecule has 0 aromatic heterocycles. The maximum absolute atomic E-state index is 15.1. The van der Waals surface area contributed by atoms with Crippen LogP contribution in [0.4, 0.5) is 39.5 Å². The molecule has 0 nitrogen and oxygen atoms in total. The molecule has 37 heavy (non-hydrogen) atoms. The summed E-state index contributed by atoms with van der Waals surface area (Å²) < 4.78 is 132. The standard InChI is InChI=1S/C28H19F9/c1-13-18(29)7-16(8-19(13)30)25-20(31)4-15(5-21(25)32)12-28(36,37)26-22(33)9-17(10-23(26)34)27-3-2-14(11-27)6-24(27)35/h2-5,7-10,14,24H,6,11-12H2,1H3/t14?,24?,27-/m0/s1. The molecular weight excluding hydrogens is 507 g/mol. The van der Waals surface area contributed by atoms with E-state index in [9.17, 15) is 30.7 Å². The van der Waals surface area contributed by atoms with Crippen molar-refractivity contribution in [2.75, 3.05) is 0 Å². The van der Waals surface area contributed by atoms with Gasteiger partial charge in [-0.3, -0.25) is 0 Å². The molecule has 3 atom stereocenters. The number of hydrogen-bond acceptors (Lipinski definition) is 0. The van der Waals surface area contributed by atoms with E-state index in [1.807, 2.05) is 0 Å². The number of benzene rings is 3. The Labute approximate surface area is 206 Å². The molecule has 0 aliphatic heterocycles. The van der Waals surface area contributed by atoms with Gasteiger partial charge in [0.25, 0.3) is 5.92 Å². The predicted molar refractivity (Wildman–Crippen MR) is 119 cm³/mol. The normalized spacial score (nSPS) is 22.8. The second-order valence-corrected chi connectivity index (χ2v) is 9.76. The van der Waals surface area contributed by atoms with Crippen LogP contribution >= 0.6 is 0 Å². The fourth-order valence-electron chi connectivity index (χ4n) is 5.47. The minimum absolute atomic E-state index is 0.0928. The first-order valence-electron chi connectivity index (χ1n) is 11.5. The molecule has 2 bridgehead atoms. The van der Waals surface area contributed by atoms with Crippen LogP contribution in [0.5, 0.6) is 0 Å². The predicted octanol–water partition coefficient (Wildman–Crippen LogP) is 8.39. The molecule has 2 unspecified atom stereocenters. The van der Waals surface area contributed by atoms with Crippen molar-refractivity contribution in [3.05, 3.63) is 106 Å². The van der Waals surface area contributed by atoms with Crippen LogP contribution in [0.25, 0.3) is 11.1 Å². The summed E-state index contributed by atoms with van der Waals surface area (Å²) in [7, 11) is 0. The van der Waals surface area contributed by atoms with Gasteiger partial charge in [-0.25, -0.2) is 39.5 Å². The van der Waals surface area contributed by atoms with E-state index < -0.39 is 81.1 Å². The molecule has 0 amide bonds. The first-order valence-corrected chi connectivity index (χ1v) is 11.5. The summed E-state index contributed by atoms with van der Waals surface area (Å²) in [6, 6.07) is 3.80. The molecule has 3 aromatic rings. The van der Waals surface area contributed by atoms with Gasteiger partial charge in [0.2, 0.25) is 0 Å². The lowest BCUT2D eigenvalue weighted by Crippen LogP contribution is -2.30. The first-order chi connectivity index (χ1) is 17.3. The third-order valence-electron chi connectivity index (χ3n) is 7.38. The van der Waals surface area contributed by atoms with Crippen LogP contribution in [0, 0.1) is 47.7 Å². The Morgan fingerprint density at radius 2 is 1.38 bits per heavy atom. The average Bonchev–Trinajstić information content (AvgIpc) is 3.34. The molecule has 5 rings (SSSR count). The number of alkyl halides is 3. The van der Waals surface area contributed by atoms with E-state index in [0.29, 0.717) is 36.4 Å². The van der Waals surface area contributed by atoms with Gasteiger partial charge in [-0.05, 0) is 78.8 Å². The molecule has 0 N–H and O–H groups in total. The third-order valence-corrected chi connectivity index (χ3v) is 7.38. The molecule has 2 aliphatic rings. The fourth-order valence-corrected chi connectivity index (χ4v) is 5.47. The largest absolute Gasteiger partial charge is 0.282 e. The summed E-state index contributed by atoms with van der Waals surface area (Å²) in [5, 5.41) is 0. The zero-order chi connectivity index (χ0) is 26.9. The Morgan fingerprint density at radius 3 is 1.86 bits per heavy atom. The fraction of sp³-hybridized carbons (Fsp3) is 0.286. The lowest BCUT2D eigenvalue weighted by atomic mass is 9.78. The van der Waals surface area contributed by atoms with Crippen molar-refractivity contribution in [2.45, 2.75) is 43.7 Å². The SMILES string of the molecule is Cc1c(F)cc(-c2c(F)cc(CC(F)(F)c3c(F)cc([C@@]45C=CC(CC4F)C5)cc3F)cc2F)cc1F. The van der Waals surface area contributed by atoms with Gasteiger partial charge >= 0.3 is 0 Å². The van der Waals surface area contributed by atoms with E-state index in [-0.39, 0.29) is 29.9 Å². The number of fused-ring (bicyclic) bond motifs is 2. The van der Waals surface area contributed by atoms with Gasteiger partial charge < -0.3 is 0 Å². The van der Waals surface area contributed by atoms with Crippen molar-refractivity contribution in [3.63, 3.8) is 0 Å². The summed E-state index contributed by atoms with van der Waals surface area (Å²) in [5.41, 5.74) is -5.31. The Bertz CT molecular complexity index is 1370. The highest BCUT2D eigenvalue weighted by Gasteiger charge is 2.51. The molecular formula is C28H19F9. The van der Waals surface area contributed by atoms with Crippen molar-refractivity contribution in [1.29, 1.82) is 0 Å². The van der Waals surface area contributed by atoms with Gasteiger partial charge in [0.15, 0.2) is 0 Å². The topological polar surface area (TPSA) is 0 Å². The highest BCUT2D eigenvalue weighted by molar-refractivity contribution is 5.66. The van der Waals surface area contributed by atoms with Crippen LogP contribution in [0.15, 0.2) is 48.6 Å². The lowest BCUT2D eigenvalue weighted by molar-refractivity contribution is -0.0111. The van der Waals surface area contributed by atoms with E-state index in [2.05, 4.69) is 0 Å². The number of hydrogen-bond donors (Lipinski definition) is 0. The Balaban J connectivity index is 1.47. The molecule has 1 saturated carbocycles. The van der Waals surface area contributed by atoms with Gasteiger partial charge in [-0.15, -0.1) is 0 Å². The van der Waals surface area contributed by atoms with Crippen molar-refractivity contribution < 1.29 is 39.5 Å². The molecule has 0 spiro atoms. The van der Waals surface area contributed by atoms with Gasteiger partial charge in [-0.1, -0.05) is 12.2 Å². The number of halogens is 9. The second kappa shape index (κ2) is 8.67. The van der Waals surface area contributed by atoms with Crippen LogP contribution in [-0.4, -0.2) is 6.17 Å². The summed E-state index contributed by atoms with van der Waals surface area (Å²) in [6.45, 7) is 1.13. The average molecular weight is 526 g/mol. The molecule has 0 heterocycles. The van der Waals surface area contributed by atoms with Crippen LogP contribution in [0.3, 0.4) is 0 Å². The smallest absolute Gasteiger partial charge is 0.246 e. The number of allylic oxidation sites excluding steroid dienone is 2. The molecule has 3 aromatic carbocycles. The zero-order valence-corrected chi connectivity index (χ0v) is 19.3. The van der Waals surface area contributed by atoms with Crippen molar-refractivity contribution in [1.82, 2.24) is 0 Å². The van der Waals surface area contributed by atoms with E-state index in [1.54, 1.807) is 6.08 Å². The highest BCUT2D eigenvalue weighted by atomic mass is 19.3. The molecule has 0 saturated heterocycles. The van der Waals surface area contributed by atoms with E-state index in [4.69, 9.17) is 0 Å².